The summed E-state index contributed by atoms with van der Waals surface area (Å²) in [6, 6.07) is 13.5. The lowest BCUT2D eigenvalue weighted by Crippen LogP contribution is -2.43. The third-order valence-electron chi connectivity index (χ3n) is 7.17. The lowest BCUT2D eigenvalue weighted by molar-refractivity contribution is -0.137. The molecule has 0 radical (unpaired) electrons. The van der Waals surface area contributed by atoms with Gasteiger partial charge < -0.3 is 15.0 Å². The van der Waals surface area contributed by atoms with Crippen LogP contribution in [0.1, 0.15) is 45.8 Å². The summed E-state index contributed by atoms with van der Waals surface area (Å²) >= 11 is 0. The van der Waals surface area contributed by atoms with Crippen molar-refractivity contribution in [3.05, 3.63) is 76.9 Å². The van der Waals surface area contributed by atoms with Crippen LogP contribution in [-0.2, 0) is 37.3 Å². The number of hydrogen-bond donors (Lipinski definition) is 1. The molecule has 8 heteroatoms. The van der Waals surface area contributed by atoms with E-state index in [0.717, 1.165) is 34.8 Å². The van der Waals surface area contributed by atoms with Crippen molar-refractivity contribution in [2.24, 2.45) is 11.8 Å². The Labute approximate surface area is 204 Å². The lowest BCUT2D eigenvalue weighted by atomic mass is 9.94. The smallest absolute Gasteiger partial charge is 0.272 e. The Bertz CT molecular complexity index is 1250. The fraction of sp³-hybridized carbons (Fsp3) is 0.407. The van der Waals surface area contributed by atoms with Gasteiger partial charge in [-0.25, -0.2) is 0 Å². The minimum absolute atomic E-state index is 0.0833. The number of fused-ring (bicyclic) bond motifs is 2. The van der Waals surface area contributed by atoms with E-state index in [1.807, 2.05) is 52.0 Å². The van der Waals surface area contributed by atoms with E-state index in [2.05, 4.69) is 10.3 Å². The first-order valence-electron chi connectivity index (χ1n) is 12.4. The first kappa shape index (κ1) is 21.8. The van der Waals surface area contributed by atoms with Gasteiger partial charge in [0.1, 0.15) is 12.4 Å². The number of benzene rings is 1. The first-order valence-corrected chi connectivity index (χ1v) is 12.4. The molecule has 0 spiro atoms. The summed E-state index contributed by atoms with van der Waals surface area (Å²) in [5, 5.41) is 7.71. The third-order valence-corrected chi connectivity index (χ3v) is 7.17. The van der Waals surface area contributed by atoms with Gasteiger partial charge in [-0.2, -0.15) is 5.10 Å². The Kier molecular flexibility index (Phi) is 5.72. The summed E-state index contributed by atoms with van der Waals surface area (Å²) in [7, 11) is 0. The molecular formula is C27H29N5O3. The molecule has 6 rings (SSSR count). The molecule has 1 atom stereocenters. The maximum atomic E-state index is 13.5. The summed E-state index contributed by atoms with van der Waals surface area (Å²) in [6.45, 7) is 2.61. The van der Waals surface area contributed by atoms with Crippen LogP contribution in [-0.4, -0.2) is 44.6 Å². The van der Waals surface area contributed by atoms with Gasteiger partial charge in [-0.15, -0.1) is 0 Å². The Morgan fingerprint density at radius 3 is 2.80 bits per heavy atom. The maximum absolute atomic E-state index is 13.5. The minimum Gasteiger partial charge on any atom is -0.492 e. The van der Waals surface area contributed by atoms with Gasteiger partial charge in [0.15, 0.2) is 5.69 Å². The van der Waals surface area contributed by atoms with Crippen molar-refractivity contribution in [2.75, 3.05) is 13.2 Å². The van der Waals surface area contributed by atoms with E-state index in [1.165, 1.54) is 12.8 Å². The van der Waals surface area contributed by atoms with Crippen LogP contribution in [0.25, 0.3) is 0 Å². The van der Waals surface area contributed by atoms with E-state index in [4.69, 9.17) is 9.84 Å². The standard InChI is InChI=1S/C27H29N5O3/c33-26(29-14-21-6-3-4-11-28-21)25-22-16-31(12-10-23(22)32(30-25)15-18-8-9-18)27(34)20-13-19-5-1-2-7-24(19)35-17-20/h1-7,11,18,20H,8-10,12-17H2,(H,29,33)/t20-/m1/s1. The number of carbonyl (C=O) groups excluding carboxylic acids is 2. The van der Waals surface area contributed by atoms with Crippen LogP contribution in [0.4, 0.5) is 0 Å². The Morgan fingerprint density at radius 1 is 1.11 bits per heavy atom. The molecule has 1 saturated carbocycles. The van der Waals surface area contributed by atoms with Crippen LogP contribution in [0.15, 0.2) is 48.7 Å². The van der Waals surface area contributed by atoms with Gasteiger partial charge in [-0.05, 0) is 48.9 Å². The molecule has 2 aliphatic heterocycles. The van der Waals surface area contributed by atoms with Crippen LogP contribution in [0, 0.1) is 11.8 Å². The van der Waals surface area contributed by atoms with Gasteiger partial charge >= 0.3 is 0 Å². The molecule has 3 aliphatic rings. The average Bonchev–Trinajstić information content (AvgIpc) is 3.66. The highest BCUT2D eigenvalue weighted by Crippen LogP contribution is 2.33. The number of aromatic nitrogens is 3. The molecule has 2 amide bonds. The van der Waals surface area contributed by atoms with Crippen molar-refractivity contribution in [3.8, 4) is 5.75 Å². The minimum atomic E-state index is -0.217. The number of para-hydroxylation sites is 1. The lowest BCUT2D eigenvalue weighted by Gasteiger charge is -2.33. The van der Waals surface area contributed by atoms with Gasteiger partial charge in [0, 0.05) is 43.5 Å². The van der Waals surface area contributed by atoms with E-state index >= 15 is 0 Å². The average molecular weight is 472 g/mol. The predicted octanol–water partition coefficient (Wildman–Crippen LogP) is 2.75. The summed E-state index contributed by atoms with van der Waals surface area (Å²) < 4.78 is 7.89. The molecule has 180 valence electrons. The summed E-state index contributed by atoms with van der Waals surface area (Å²) in [5.74, 6) is 1.16. The molecule has 0 saturated heterocycles. The van der Waals surface area contributed by atoms with Crippen molar-refractivity contribution >= 4 is 11.8 Å². The Balaban J connectivity index is 1.21. The van der Waals surface area contributed by atoms with E-state index in [0.29, 0.717) is 50.7 Å². The molecule has 1 aliphatic carbocycles. The molecule has 1 aromatic carbocycles. The molecule has 4 heterocycles. The van der Waals surface area contributed by atoms with Crippen LogP contribution in [0.2, 0.25) is 0 Å². The van der Waals surface area contributed by atoms with Crippen LogP contribution in [0.3, 0.4) is 0 Å². The van der Waals surface area contributed by atoms with Crippen LogP contribution in [0.5, 0.6) is 5.75 Å². The number of pyridine rings is 1. The number of carbonyl (C=O) groups is 2. The molecule has 2 aromatic heterocycles. The first-order chi connectivity index (χ1) is 17.2. The fourth-order valence-electron chi connectivity index (χ4n) is 5.06. The van der Waals surface area contributed by atoms with Crippen molar-refractivity contribution in [1.29, 1.82) is 0 Å². The van der Waals surface area contributed by atoms with Gasteiger partial charge in [-0.3, -0.25) is 19.3 Å². The Hall–Kier alpha value is -3.68. The Morgan fingerprint density at radius 2 is 1.97 bits per heavy atom. The second kappa shape index (κ2) is 9.17. The van der Waals surface area contributed by atoms with Crippen LogP contribution >= 0.6 is 0 Å². The van der Waals surface area contributed by atoms with Gasteiger partial charge in [0.05, 0.1) is 18.2 Å². The number of ether oxygens (including phenoxy) is 1. The van der Waals surface area contributed by atoms with E-state index < -0.39 is 0 Å². The van der Waals surface area contributed by atoms with Crippen molar-refractivity contribution in [2.45, 2.75) is 45.3 Å². The maximum Gasteiger partial charge on any atom is 0.272 e. The monoisotopic (exact) mass is 471 g/mol. The molecule has 3 aromatic rings. The normalized spacial score (nSPS) is 18.9. The third kappa shape index (κ3) is 4.52. The van der Waals surface area contributed by atoms with E-state index in [1.54, 1.807) is 6.20 Å². The fourth-order valence-corrected chi connectivity index (χ4v) is 5.06. The number of nitrogens with zero attached hydrogens (tertiary/aromatic N) is 4. The van der Waals surface area contributed by atoms with Gasteiger partial charge in [-0.1, -0.05) is 24.3 Å². The SMILES string of the molecule is O=C(NCc1ccccn1)c1nn(CC2CC2)c2c1CN(C(=O)[C@H]1COc3ccccc3C1)CC2. The quantitative estimate of drug-likeness (QED) is 0.597. The zero-order chi connectivity index (χ0) is 23.8. The van der Waals surface area contributed by atoms with Crippen LogP contribution < -0.4 is 10.1 Å². The predicted molar refractivity (Wildman–Crippen MR) is 129 cm³/mol. The topological polar surface area (TPSA) is 89.4 Å². The summed E-state index contributed by atoms with van der Waals surface area (Å²) in [6.07, 6.45) is 5.52. The second-order valence-corrected chi connectivity index (χ2v) is 9.73. The van der Waals surface area contributed by atoms with Crippen molar-refractivity contribution in [3.63, 3.8) is 0 Å². The highest BCUT2D eigenvalue weighted by molar-refractivity contribution is 5.94. The molecule has 1 fully saturated rings. The van der Waals surface area contributed by atoms with Crippen molar-refractivity contribution in [1.82, 2.24) is 25.0 Å². The van der Waals surface area contributed by atoms with Gasteiger partial charge in [0.2, 0.25) is 5.91 Å². The van der Waals surface area contributed by atoms with Gasteiger partial charge in [0.25, 0.3) is 5.91 Å². The molecular weight excluding hydrogens is 442 g/mol. The van der Waals surface area contributed by atoms with E-state index in [9.17, 15) is 9.59 Å². The number of amides is 2. The zero-order valence-corrected chi connectivity index (χ0v) is 19.7. The second-order valence-electron chi connectivity index (χ2n) is 9.73. The molecule has 0 unspecified atom stereocenters. The highest BCUT2D eigenvalue weighted by Gasteiger charge is 2.35. The summed E-state index contributed by atoms with van der Waals surface area (Å²) in [5.41, 5.74) is 4.26. The van der Waals surface area contributed by atoms with Crippen molar-refractivity contribution < 1.29 is 14.3 Å². The number of hydrogen-bond acceptors (Lipinski definition) is 5. The number of nitrogens with one attached hydrogen (secondary N) is 1. The largest absolute Gasteiger partial charge is 0.492 e. The zero-order valence-electron chi connectivity index (χ0n) is 19.7. The number of rotatable bonds is 6. The summed E-state index contributed by atoms with van der Waals surface area (Å²) in [4.78, 5) is 32.8. The van der Waals surface area contributed by atoms with E-state index in [-0.39, 0.29) is 17.7 Å². The molecule has 35 heavy (non-hydrogen) atoms. The highest BCUT2D eigenvalue weighted by atomic mass is 16.5. The molecule has 8 nitrogen and oxygen atoms in total. The molecule has 0 bridgehead atoms. The molecule has 1 N–H and O–H groups in total.